The molecule has 0 saturated heterocycles. The molecule has 2 aromatic carbocycles. The van der Waals surface area contributed by atoms with Crippen molar-refractivity contribution in [2.45, 2.75) is 45.6 Å². The van der Waals surface area contributed by atoms with Gasteiger partial charge in [0.2, 0.25) is 11.8 Å². The number of hydrogen-bond donors (Lipinski definition) is 1. The van der Waals surface area contributed by atoms with Gasteiger partial charge in [-0.15, -0.1) is 0 Å². The minimum absolute atomic E-state index is 0.0369. The van der Waals surface area contributed by atoms with Crippen LogP contribution in [0.15, 0.2) is 48.5 Å². The fraction of sp³-hybridized carbons (Fsp3) is 0.364. The molecule has 0 aliphatic heterocycles. The summed E-state index contributed by atoms with van der Waals surface area (Å²) in [5, 5.41) is 3.11. The lowest BCUT2D eigenvalue weighted by Gasteiger charge is -2.26. The maximum Gasteiger partial charge on any atom is 0.231 e. The molecule has 136 valence electrons. The lowest BCUT2D eigenvalue weighted by molar-refractivity contribution is -0.129. The van der Waals surface area contributed by atoms with E-state index in [1.54, 1.807) is 11.8 Å². The smallest absolute Gasteiger partial charge is 0.231 e. The van der Waals surface area contributed by atoms with Gasteiger partial charge in [0, 0.05) is 25.7 Å². The van der Waals surface area contributed by atoms with Gasteiger partial charge >= 0.3 is 0 Å². The molecular formula is C22H26N2O2. The summed E-state index contributed by atoms with van der Waals surface area (Å²) in [5.41, 5.74) is 4.18. The summed E-state index contributed by atoms with van der Waals surface area (Å²) in [5.74, 6) is -0.0339. The Morgan fingerprint density at radius 3 is 2.62 bits per heavy atom. The quantitative estimate of drug-likeness (QED) is 0.882. The zero-order valence-corrected chi connectivity index (χ0v) is 15.5. The first-order valence-corrected chi connectivity index (χ1v) is 9.32. The van der Waals surface area contributed by atoms with E-state index in [9.17, 15) is 9.59 Å². The molecule has 3 rings (SSSR count). The molecule has 0 fully saturated rings. The number of nitrogens with zero attached hydrogens (tertiary/aromatic N) is 1. The first-order chi connectivity index (χ1) is 12.6. The average Bonchev–Trinajstić information content (AvgIpc) is 2.66. The first-order valence-electron chi connectivity index (χ1n) is 9.32. The van der Waals surface area contributed by atoms with Crippen molar-refractivity contribution < 1.29 is 9.59 Å². The predicted octanol–water partition coefficient (Wildman–Crippen LogP) is 4.11. The summed E-state index contributed by atoms with van der Waals surface area (Å²) in [4.78, 5) is 26.5. The summed E-state index contributed by atoms with van der Waals surface area (Å²) in [6.45, 7) is 4.68. The topological polar surface area (TPSA) is 49.4 Å². The lowest BCUT2D eigenvalue weighted by Crippen LogP contribution is -2.29. The number of rotatable bonds is 5. The van der Waals surface area contributed by atoms with Crippen LogP contribution in [0.25, 0.3) is 0 Å². The van der Waals surface area contributed by atoms with Crippen LogP contribution < -0.4 is 5.32 Å². The van der Waals surface area contributed by atoms with Gasteiger partial charge in [0.25, 0.3) is 0 Å². The van der Waals surface area contributed by atoms with E-state index in [0.29, 0.717) is 13.1 Å². The van der Waals surface area contributed by atoms with E-state index in [1.807, 2.05) is 43.3 Å². The van der Waals surface area contributed by atoms with Gasteiger partial charge < -0.3 is 10.2 Å². The monoisotopic (exact) mass is 350 g/mol. The average molecular weight is 350 g/mol. The van der Waals surface area contributed by atoms with Crippen LogP contribution in [0.5, 0.6) is 0 Å². The third kappa shape index (κ3) is 3.96. The van der Waals surface area contributed by atoms with Gasteiger partial charge in [0.15, 0.2) is 0 Å². The summed E-state index contributed by atoms with van der Waals surface area (Å²) in [7, 11) is 0. The van der Waals surface area contributed by atoms with Gasteiger partial charge in [-0.05, 0) is 48.9 Å². The van der Waals surface area contributed by atoms with E-state index in [-0.39, 0.29) is 17.7 Å². The van der Waals surface area contributed by atoms with Crippen molar-refractivity contribution in [3.63, 3.8) is 0 Å². The third-order valence-corrected chi connectivity index (χ3v) is 5.15. The Labute approximate surface area is 155 Å². The van der Waals surface area contributed by atoms with Crippen molar-refractivity contribution in [3.8, 4) is 0 Å². The van der Waals surface area contributed by atoms with Crippen molar-refractivity contribution >= 4 is 17.5 Å². The lowest BCUT2D eigenvalue weighted by atomic mass is 9.82. The Hall–Kier alpha value is -2.62. The zero-order chi connectivity index (χ0) is 18.5. The van der Waals surface area contributed by atoms with Crippen LogP contribution in [0.3, 0.4) is 0 Å². The molecule has 0 spiro atoms. The van der Waals surface area contributed by atoms with Gasteiger partial charge in [-0.25, -0.2) is 0 Å². The van der Waals surface area contributed by atoms with Gasteiger partial charge in [0.05, 0.1) is 5.92 Å². The summed E-state index contributed by atoms with van der Waals surface area (Å²) in [6, 6.07) is 16.0. The molecule has 1 N–H and O–H groups in total. The molecule has 0 saturated carbocycles. The van der Waals surface area contributed by atoms with Crippen LogP contribution in [0.2, 0.25) is 0 Å². The number of nitrogens with one attached hydrogen (secondary N) is 1. The van der Waals surface area contributed by atoms with Crippen LogP contribution in [-0.2, 0) is 22.6 Å². The molecule has 4 heteroatoms. The highest BCUT2D eigenvalue weighted by molar-refractivity contribution is 5.96. The summed E-state index contributed by atoms with van der Waals surface area (Å²) >= 11 is 0. The molecule has 2 aromatic rings. The van der Waals surface area contributed by atoms with E-state index in [1.165, 1.54) is 5.56 Å². The largest absolute Gasteiger partial charge is 0.339 e. The molecule has 26 heavy (non-hydrogen) atoms. The number of carbonyl (C=O) groups excluding carboxylic acids is 2. The normalized spacial score (nSPS) is 15.8. The van der Waals surface area contributed by atoms with Crippen molar-refractivity contribution in [1.82, 2.24) is 4.90 Å². The SMILES string of the molecule is CCN(Cc1ccccc1NC(=O)C1CCCc2ccccc21)C(C)=O. The second-order valence-corrected chi connectivity index (χ2v) is 6.82. The molecular weight excluding hydrogens is 324 g/mol. The number of aryl methyl sites for hydroxylation is 1. The number of para-hydroxylation sites is 1. The Bertz CT molecular complexity index is 800. The maximum atomic E-state index is 13.0. The number of anilines is 1. The maximum absolute atomic E-state index is 13.0. The van der Waals surface area contributed by atoms with E-state index in [0.717, 1.165) is 36.1 Å². The Morgan fingerprint density at radius 1 is 1.12 bits per heavy atom. The van der Waals surface area contributed by atoms with Gasteiger partial charge in [-0.1, -0.05) is 42.5 Å². The molecule has 0 radical (unpaired) electrons. The van der Waals surface area contributed by atoms with E-state index in [2.05, 4.69) is 17.4 Å². The zero-order valence-electron chi connectivity index (χ0n) is 15.5. The van der Waals surface area contributed by atoms with Crippen molar-refractivity contribution in [2.75, 3.05) is 11.9 Å². The van der Waals surface area contributed by atoms with Crippen LogP contribution in [0.4, 0.5) is 5.69 Å². The molecule has 1 aliphatic rings. The number of amides is 2. The second-order valence-electron chi connectivity index (χ2n) is 6.82. The van der Waals surface area contributed by atoms with E-state index >= 15 is 0 Å². The third-order valence-electron chi connectivity index (χ3n) is 5.15. The fourth-order valence-corrected chi connectivity index (χ4v) is 3.68. The molecule has 0 aromatic heterocycles. The number of benzene rings is 2. The van der Waals surface area contributed by atoms with Crippen LogP contribution in [0.1, 0.15) is 49.3 Å². The molecule has 1 aliphatic carbocycles. The number of hydrogen-bond acceptors (Lipinski definition) is 2. The van der Waals surface area contributed by atoms with Crippen LogP contribution in [0, 0.1) is 0 Å². The van der Waals surface area contributed by atoms with Crippen molar-refractivity contribution in [2.24, 2.45) is 0 Å². The van der Waals surface area contributed by atoms with Gasteiger partial charge in [0.1, 0.15) is 0 Å². The van der Waals surface area contributed by atoms with Crippen LogP contribution in [-0.4, -0.2) is 23.3 Å². The van der Waals surface area contributed by atoms with E-state index in [4.69, 9.17) is 0 Å². The minimum atomic E-state index is -0.108. The number of fused-ring (bicyclic) bond motifs is 1. The standard InChI is InChI=1S/C22H26N2O2/c1-3-24(16(2)25)15-18-10-5-7-14-21(18)23-22(26)20-13-8-11-17-9-4-6-12-19(17)20/h4-7,9-10,12,14,20H,3,8,11,13,15H2,1-2H3,(H,23,26). The molecule has 0 bridgehead atoms. The summed E-state index contributed by atoms with van der Waals surface area (Å²) < 4.78 is 0. The van der Waals surface area contributed by atoms with Gasteiger partial charge in [-0.2, -0.15) is 0 Å². The van der Waals surface area contributed by atoms with E-state index < -0.39 is 0 Å². The highest BCUT2D eigenvalue weighted by Crippen LogP contribution is 2.32. The molecule has 4 nitrogen and oxygen atoms in total. The Balaban J connectivity index is 1.80. The highest BCUT2D eigenvalue weighted by atomic mass is 16.2. The predicted molar refractivity (Wildman–Crippen MR) is 104 cm³/mol. The molecule has 1 unspecified atom stereocenters. The Morgan fingerprint density at radius 2 is 1.85 bits per heavy atom. The highest BCUT2D eigenvalue weighted by Gasteiger charge is 2.26. The first kappa shape index (κ1) is 18.2. The second kappa shape index (κ2) is 8.17. The molecule has 2 amide bonds. The fourth-order valence-electron chi connectivity index (χ4n) is 3.68. The number of carbonyl (C=O) groups is 2. The van der Waals surface area contributed by atoms with Crippen LogP contribution >= 0.6 is 0 Å². The van der Waals surface area contributed by atoms with Crippen molar-refractivity contribution in [3.05, 3.63) is 65.2 Å². The molecule has 0 heterocycles. The Kier molecular flexibility index (Phi) is 5.71. The minimum Gasteiger partial charge on any atom is -0.339 e. The van der Waals surface area contributed by atoms with Crippen molar-refractivity contribution in [1.29, 1.82) is 0 Å². The summed E-state index contributed by atoms with van der Waals surface area (Å²) in [6.07, 6.45) is 2.95. The van der Waals surface area contributed by atoms with Gasteiger partial charge in [-0.3, -0.25) is 9.59 Å². The molecule has 1 atom stereocenters.